The fourth-order valence-electron chi connectivity index (χ4n) is 3.22. The molecule has 0 unspecified atom stereocenters. The van der Waals surface area contributed by atoms with Crippen LogP contribution < -0.4 is 5.56 Å². The van der Waals surface area contributed by atoms with Crippen LogP contribution in [0.5, 0.6) is 0 Å². The first-order valence-corrected chi connectivity index (χ1v) is 8.75. The van der Waals surface area contributed by atoms with Crippen LogP contribution in [-0.2, 0) is 11.3 Å². The lowest BCUT2D eigenvalue weighted by atomic mass is 10.1. The summed E-state index contributed by atoms with van der Waals surface area (Å²) in [7, 11) is 0. The Kier molecular flexibility index (Phi) is 5.46. The van der Waals surface area contributed by atoms with Gasteiger partial charge in [0, 0.05) is 38.3 Å². The topological polar surface area (TPSA) is 86.4 Å². The predicted molar refractivity (Wildman–Crippen MR) is 96.4 cm³/mol. The molecule has 1 N–H and O–H groups in total. The summed E-state index contributed by atoms with van der Waals surface area (Å²) < 4.78 is 0. The van der Waals surface area contributed by atoms with Crippen molar-refractivity contribution in [3.8, 4) is 0 Å². The van der Waals surface area contributed by atoms with Gasteiger partial charge in [-0.05, 0) is 12.0 Å². The Morgan fingerprint density at radius 3 is 2.73 bits per heavy atom. The van der Waals surface area contributed by atoms with Crippen molar-refractivity contribution in [2.24, 2.45) is 0 Å². The number of carbonyl (C=O) groups is 2. The fraction of sp³-hybridized carbons (Fsp3) is 0.368. The molecule has 26 heavy (non-hydrogen) atoms. The van der Waals surface area contributed by atoms with Crippen molar-refractivity contribution in [1.29, 1.82) is 0 Å². The normalized spacial score (nSPS) is 17.9. The highest BCUT2D eigenvalue weighted by Crippen LogP contribution is 2.18. The third kappa shape index (κ3) is 3.82. The van der Waals surface area contributed by atoms with Gasteiger partial charge in [0.2, 0.25) is 5.91 Å². The average molecular weight is 354 g/mol. The molecule has 1 saturated heterocycles. The summed E-state index contributed by atoms with van der Waals surface area (Å²) in [4.78, 5) is 47.0. The van der Waals surface area contributed by atoms with E-state index in [0.29, 0.717) is 19.6 Å². The Bertz CT molecular complexity index is 834. The van der Waals surface area contributed by atoms with Crippen LogP contribution in [0.1, 0.15) is 35.7 Å². The number of aromatic nitrogens is 2. The molecule has 0 radical (unpaired) electrons. The molecule has 0 aliphatic carbocycles. The number of nitrogens with zero attached hydrogens (tertiary/aromatic N) is 3. The summed E-state index contributed by atoms with van der Waals surface area (Å²) in [6.07, 6.45) is 3.50. The lowest BCUT2D eigenvalue weighted by Gasteiger charge is -2.31. The van der Waals surface area contributed by atoms with E-state index in [1.165, 1.54) is 12.5 Å². The van der Waals surface area contributed by atoms with Crippen molar-refractivity contribution in [1.82, 2.24) is 19.8 Å². The van der Waals surface area contributed by atoms with Crippen LogP contribution in [0, 0.1) is 0 Å². The number of hydrogen-bond acceptors (Lipinski definition) is 4. The minimum atomic E-state index is -0.463. The van der Waals surface area contributed by atoms with Gasteiger partial charge >= 0.3 is 0 Å². The Morgan fingerprint density at radius 2 is 2.04 bits per heavy atom. The van der Waals surface area contributed by atoms with Gasteiger partial charge in [-0.3, -0.25) is 14.4 Å². The zero-order chi connectivity index (χ0) is 18.5. The summed E-state index contributed by atoms with van der Waals surface area (Å²) in [5, 5.41) is 0. The highest BCUT2D eigenvalue weighted by Gasteiger charge is 2.31. The maximum absolute atomic E-state index is 12.7. The van der Waals surface area contributed by atoms with Crippen molar-refractivity contribution in [3.63, 3.8) is 0 Å². The minimum absolute atomic E-state index is 0.00584. The monoisotopic (exact) mass is 354 g/mol. The highest BCUT2D eigenvalue weighted by atomic mass is 16.2. The zero-order valence-corrected chi connectivity index (χ0v) is 14.7. The van der Waals surface area contributed by atoms with Gasteiger partial charge < -0.3 is 14.8 Å². The van der Waals surface area contributed by atoms with Crippen LogP contribution in [0.3, 0.4) is 0 Å². The minimum Gasteiger partial charge on any atom is -0.336 e. The van der Waals surface area contributed by atoms with Crippen LogP contribution in [0.2, 0.25) is 0 Å². The Hall–Kier alpha value is -2.96. The lowest BCUT2D eigenvalue weighted by molar-refractivity contribution is -0.133. The second-order valence-corrected chi connectivity index (χ2v) is 6.36. The molecule has 1 aliphatic heterocycles. The second kappa shape index (κ2) is 7.95. The van der Waals surface area contributed by atoms with Crippen molar-refractivity contribution in [2.75, 3.05) is 13.1 Å². The largest absolute Gasteiger partial charge is 0.336 e. The summed E-state index contributed by atoms with van der Waals surface area (Å²) in [6.45, 7) is 3.23. The van der Waals surface area contributed by atoms with E-state index in [4.69, 9.17) is 0 Å². The number of H-pyrrole nitrogens is 1. The molecule has 0 saturated carbocycles. The van der Waals surface area contributed by atoms with Gasteiger partial charge in [-0.2, -0.15) is 0 Å². The molecule has 136 valence electrons. The molecular formula is C19H22N4O3. The average Bonchev–Trinajstić information content (AvgIpc) is 2.82. The Morgan fingerprint density at radius 1 is 1.27 bits per heavy atom. The molecule has 2 aromatic rings. The summed E-state index contributed by atoms with van der Waals surface area (Å²) >= 11 is 0. The van der Waals surface area contributed by atoms with Crippen molar-refractivity contribution < 1.29 is 9.59 Å². The third-order valence-electron chi connectivity index (χ3n) is 4.69. The smallest absolute Gasteiger partial charge is 0.263 e. The van der Waals surface area contributed by atoms with Crippen molar-refractivity contribution in [3.05, 3.63) is 64.3 Å². The molecule has 2 heterocycles. The van der Waals surface area contributed by atoms with Crippen LogP contribution >= 0.6 is 0 Å². The van der Waals surface area contributed by atoms with Crippen LogP contribution in [0.15, 0.2) is 47.7 Å². The zero-order valence-electron chi connectivity index (χ0n) is 14.7. The van der Waals surface area contributed by atoms with E-state index in [9.17, 15) is 14.4 Å². The number of rotatable bonds is 4. The quantitative estimate of drug-likeness (QED) is 0.900. The highest BCUT2D eigenvalue weighted by molar-refractivity contribution is 5.94. The lowest BCUT2D eigenvalue weighted by Crippen LogP contribution is -2.44. The molecule has 0 bridgehead atoms. The molecule has 7 nitrogen and oxygen atoms in total. The van der Waals surface area contributed by atoms with Crippen LogP contribution in [0.4, 0.5) is 0 Å². The number of benzene rings is 1. The second-order valence-electron chi connectivity index (χ2n) is 6.36. The van der Waals surface area contributed by atoms with Crippen molar-refractivity contribution in [2.45, 2.75) is 32.4 Å². The van der Waals surface area contributed by atoms with Gasteiger partial charge in [0.05, 0.1) is 6.33 Å². The molecule has 2 amide bonds. The first kappa shape index (κ1) is 17.8. The van der Waals surface area contributed by atoms with Gasteiger partial charge in [0.25, 0.3) is 11.5 Å². The summed E-state index contributed by atoms with van der Waals surface area (Å²) in [5.74, 6) is -0.358. The van der Waals surface area contributed by atoms with E-state index < -0.39 is 5.56 Å². The van der Waals surface area contributed by atoms with Gasteiger partial charge in [-0.25, -0.2) is 4.98 Å². The van der Waals surface area contributed by atoms with Crippen molar-refractivity contribution >= 4 is 11.8 Å². The van der Waals surface area contributed by atoms with E-state index in [0.717, 1.165) is 12.0 Å². The van der Waals surface area contributed by atoms with Gasteiger partial charge in [-0.15, -0.1) is 0 Å². The van der Waals surface area contributed by atoms with Gasteiger partial charge in [-0.1, -0.05) is 37.3 Å². The SMILES string of the molecule is CC[C@@H]1CN(C(=O)c2cnc[nH]c2=O)CCC(=O)N1Cc1ccccc1. The summed E-state index contributed by atoms with van der Waals surface area (Å²) in [5.41, 5.74) is 0.601. The molecule has 0 spiro atoms. The molecule has 3 rings (SSSR count). The van der Waals surface area contributed by atoms with Gasteiger partial charge in [0.1, 0.15) is 5.56 Å². The number of amides is 2. The molecule has 1 aliphatic rings. The third-order valence-corrected chi connectivity index (χ3v) is 4.69. The maximum Gasteiger partial charge on any atom is 0.263 e. The van der Waals surface area contributed by atoms with Crippen LogP contribution in [0.25, 0.3) is 0 Å². The van der Waals surface area contributed by atoms with E-state index >= 15 is 0 Å². The Labute approximate surface area is 151 Å². The maximum atomic E-state index is 12.7. The number of nitrogens with one attached hydrogen (secondary N) is 1. The molecule has 1 aromatic carbocycles. The molecule has 1 aromatic heterocycles. The van der Waals surface area contributed by atoms with Crippen LogP contribution in [-0.4, -0.2) is 50.7 Å². The molecule has 1 atom stereocenters. The number of carbonyl (C=O) groups excluding carboxylic acids is 2. The van der Waals surface area contributed by atoms with Gasteiger partial charge in [0.15, 0.2) is 0 Å². The molecule has 7 heteroatoms. The first-order chi connectivity index (χ1) is 12.6. The van der Waals surface area contributed by atoms with E-state index in [1.807, 2.05) is 42.2 Å². The predicted octanol–water partition coefficient (Wildman–Crippen LogP) is 1.42. The number of aromatic amines is 1. The molecule has 1 fully saturated rings. The standard InChI is InChI=1S/C19H22N4O3/c1-2-15-12-22(19(26)16-10-20-13-21-18(16)25)9-8-17(24)23(15)11-14-6-4-3-5-7-14/h3-7,10,13,15H,2,8-9,11-12H2,1H3,(H,20,21,25)/t15-/m1/s1. The summed E-state index contributed by atoms with van der Waals surface area (Å²) in [6, 6.07) is 9.72. The van der Waals surface area contributed by atoms with E-state index in [2.05, 4.69) is 9.97 Å². The molecular weight excluding hydrogens is 332 g/mol. The Balaban J connectivity index is 1.81. The number of hydrogen-bond donors (Lipinski definition) is 1. The first-order valence-electron chi connectivity index (χ1n) is 8.75. The van der Waals surface area contributed by atoms with E-state index in [-0.39, 0.29) is 29.8 Å². The van der Waals surface area contributed by atoms with E-state index in [1.54, 1.807) is 4.90 Å². The fourth-order valence-corrected chi connectivity index (χ4v) is 3.22.